The van der Waals surface area contributed by atoms with Gasteiger partial charge in [0.05, 0.1) is 7.11 Å². The number of pyridine rings is 1. The number of nitrogens with zero attached hydrogens (tertiary/aromatic N) is 1. The number of hydrogen-bond acceptors (Lipinski definition) is 4. The van der Waals surface area contributed by atoms with Gasteiger partial charge in [-0.15, -0.1) is 0 Å². The average Bonchev–Trinajstić information content (AvgIpc) is 2.61. The van der Waals surface area contributed by atoms with Crippen molar-refractivity contribution in [3.05, 3.63) is 59.4 Å². The standard InChI is InChI=1S/C19H19NO3/c1-3-4-6-11-16-12-13-17(18(20-16)19(21)22-2)23-14-15-9-7-5-8-10-15/h5,7-10,12-13H,3-4,14H2,1-2H3. The van der Waals surface area contributed by atoms with Gasteiger partial charge in [0.15, 0.2) is 11.4 Å². The van der Waals surface area contributed by atoms with Crippen LogP contribution in [0.5, 0.6) is 5.75 Å². The molecule has 118 valence electrons. The third kappa shape index (κ3) is 4.86. The number of hydrogen-bond donors (Lipinski definition) is 0. The highest BCUT2D eigenvalue weighted by Gasteiger charge is 2.16. The molecule has 1 heterocycles. The largest absolute Gasteiger partial charge is 0.486 e. The molecular weight excluding hydrogens is 290 g/mol. The van der Waals surface area contributed by atoms with Crippen LogP contribution in [0.4, 0.5) is 0 Å². The number of carbonyl (C=O) groups is 1. The summed E-state index contributed by atoms with van der Waals surface area (Å²) in [6.07, 6.45) is 1.77. The summed E-state index contributed by atoms with van der Waals surface area (Å²) in [6, 6.07) is 13.2. The maximum absolute atomic E-state index is 11.9. The van der Waals surface area contributed by atoms with Crippen LogP contribution in [0.2, 0.25) is 0 Å². The third-order valence-corrected chi connectivity index (χ3v) is 3.07. The molecule has 0 N–H and O–H groups in total. The lowest BCUT2D eigenvalue weighted by Crippen LogP contribution is -2.09. The molecule has 0 radical (unpaired) electrons. The van der Waals surface area contributed by atoms with Crippen LogP contribution >= 0.6 is 0 Å². The van der Waals surface area contributed by atoms with Gasteiger partial charge in [0, 0.05) is 6.42 Å². The number of methoxy groups -OCH3 is 1. The predicted molar refractivity (Wildman–Crippen MR) is 88.1 cm³/mol. The molecule has 0 aliphatic rings. The van der Waals surface area contributed by atoms with E-state index in [1.165, 1.54) is 7.11 Å². The van der Waals surface area contributed by atoms with E-state index in [0.29, 0.717) is 18.1 Å². The van der Waals surface area contributed by atoms with Crippen molar-refractivity contribution < 1.29 is 14.3 Å². The molecule has 0 bridgehead atoms. The first-order chi connectivity index (χ1) is 11.2. The highest BCUT2D eigenvalue weighted by Crippen LogP contribution is 2.19. The minimum Gasteiger partial charge on any atom is -0.486 e. The number of ether oxygens (including phenoxy) is 2. The Kier molecular flexibility index (Phi) is 6.19. The van der Waals surface area contributed by atoms with E-state index in [2.05, 4.69) is 23.7 Å². The Labute approximate surface area is 136 Å². The predicted octanol–water partition coefficient (Wildman–Crippen LogP) is 3.60. The lowest BCUT2D eigenvalue weighted by atomic mass is 10.2. The van der Waals surface area contributed by atoms with Crippen LogP contribution in [0.25, 0.3) is 0 Å². The van der Waals surface area contributed by atoms with E-state index < -0.39 is 5.97 Å². The molecule has 0 fully saturated rings. The van der Waals surface area contributed by atoms with E-state index in [9.17, 15) is 4.79 Å². The van der Waals surface area contributed by atoms with Crippen molar-refractivity contribution in [1.29, 1.82) is 0 Å². The quantitative estimate of drug-likeness (QED) is 0.625. The normalized spacial score (nSPS) is 9.65. The van der Waals surface area contributed by atoms with Gasteiger partial charge in [-0.2, -0.15) is 0 Å². The number of aromatic nitrogens is 1. The Morgan fingerprint density at radius 3 is 2.65 bits per heavy atom. The highest BCUT2D eigenvalue weighted by molar-refractivity contribution is 5.90. The van der Waals surface area contributed by atoms with E-state index in [4.69, 9.17) is 9.47 Å². The summed E-state index contributed by atoms with van der Waals surface area (Å²) in [5.74, 6) is 5.80. The number of benzene rings is 1. The number of rotatable bonds is 5. The van der Waals surface area contributed by atoms with Crippen molar-refractivity contribution >= 4 is 5.97 Å². The summed E-state index contributed by atoms with van der Waals surface area (Å²) < 4.78 is 10.5. The zero-order valence-corrected chi connectivity index (χ0v) is 13.3. The van der Waals surface area contributed by atoms with Gasteiger partial charge in [-0.1, -0.05) is 43.2 Å². The van der Waals surface area contributed by atoms with Gasteiger partial charge in [0.2, 0.25) is 0 Å². The molecule has 1 aromatic carbocycles. The number of esters is 1. The first kappa shape index (κ1) is 16.6. The lowest BCUT2D eigenvalue weighted by molar-refractivity contribution is 0.0588. The minimum atomic E-state index is -0.535. The molecular formula is C19H19NO3. The second-order valence-electron chi connectivity index (χ2n) is 4.86. The monoisotopic (exact) mass is 309 g/mol. The van der Waals surface area contributed by atoms with Gasteiger partial charge >= 0.3 is 5.97 Å². The van der Waals surface area contributed by atoms with Crippen molar-refractivity contribution in [3.63, 3.8) is 0 Å². The van der Waals surface area contributed by atoms with Gasteiger partial charge in [0.1, 0.15) is 12.3 Å². The molecule has 0 saturated carbocycles. The summed E-state index contributed by atoms with van der Waals surface area (Å²) in [6.45, 7) is 2.41. The van der Waals surface area contributed by atoms with Crippen LogP contribution in [-0.2, 0) is 11.3 Å². The van der Waals surface area contributed by atoms with Gasteiger partial charge in [-0.05, 0) is 30.0 Å². The summed E-state index contributed by atoms with van der Waals surface area (Å²) in [4.78, 5) is 16.2. The van der Waals surface area contributed by atoms with Gasteiger partial charge in [0.25, 0.3) is 0 Å². The SMILES string of the molecule is CCCC#Cc1ccc(OCc2ccccc2)c(C(=O)OC)n1. The van der Waals surface area contributed by atoms with Crippen LogP contribution in [0.1, 0.15) is 41.5 Å². The molecule has 0 aliphatic carbocycles. The topological polar surface area (TPSA) is 48.4 Å². The molecule has 0 atom stereocenters. The molecule has 4 nitrogen and oxygen atoms in total. The molecule has 0 aliphatic heterocycles. The smallest absolute Gasteiger partial charge is 0.360 e. The van der Waals surface area contributed by atoms with Crippen molar-refractivity contribution in [2.75, 3.05) is 7.11 Å². The first-order valence-corrected chi connectivity index (χ1v) is 7.49. The molecule has 4 heteroatoms. The molecule has 0 amide bonds. The Balaban J connectivity index is 2.21. The second-order valence-corrected chi connectivity index (χ2v) is 4.86. The fourth-order valence-corrected chi connectivity index (χ4v) is 1.89. The summed E-state index contributed by atoms with van der Waals surface area (Å²) in [5.41, 5.74) is 1.69. The zero-order chi connectivity index (χ0) is 16.5. The van der Waals surface area contributed by atoms with Crippen molar-refractivity contribution in [3.8, 4) is 17.6 Å². The Morgan fingerprint density at radius 2 is 1.96 bits per heavy atom. The zero-order valence-electron chi connectivity index (χ0n) is 13.3. The Bertz CT molecular complexity index is 714. The van der Waals surface area contributed by atoms with Crippen molar-refractivity contribution in [2.24, 2.45) is 0 Å². The fraction of sp³-hybridized carbons (Fsp3) is 0.263. The third-order valence-electron chi connectivity index (χ3n) is 3.07. The molecule has 2 aromatic rings. The van der Waals surface area contributed by atoms with Crippen molar-refractivity contribution in [2.45, 2.75) is 26.4 Å². The van der Waals surface area contributed by atoms with E-state index in [0.717, 1.165) is 18.4 Å². The van der Waals surface area contributed by atoms with Gasteiger partial charge in [-0.3, -0.25) is 0 Å². The molecule has 0 saturated heterocycles. The summed E-state index contributed by atoms with van der Waals surface area (Å²) in [5, 5.41) is 0. The summed E-state index contributed by atoms with van der Waals surface area (Å²) >= 11 is 0. The highest BCUT2D eigenvalue weighted by atomic mass is 16.5. The van der Waals surface area contributed by atoms with Crippen LogP contribution in [-0.4, -0.2) is 18.1 Å². The molecule has 0 unspecified atom stereocenters. The lowest BCUT2D eigenvalue weighted by Gasteiger charge is -2.10. The van der Waals surface area contributed by atoms with E-state index in [1.54, 1.807) is 12.1 Å². The minimum absolute atomic E-state index is 0.145. The molecule has 23 heavy (non-hydrogen) atoms. The van der Waals surface area contributed by atoms with Gasteiger partial charge < -0.3 is 9.47 Å². The Morgan fingerprint density at radius 1 is 1.17 bits per heavy atom. The van der Waals surface area contributed by atoms with Crippen molar-refractivity contribution in [1.82, 2.24) is 4.98 Å². The first-order valence-electron chi connectivity index (χ1n) is 7.49. The van der Waals surface area contributed by atoms with Crippen LogP contribution in [0.15, 0.2) is 42.5 Å². The average molecular weight is 309 g/mol. The van der Waals surface area contributed by atoms with Gasteiger partial charge in [-0.25, -0.2) is 9.78 Å². The van der Waals surface area contributed by atoms with E-state index in [1.807, 2.05) is 30.3 Å². The molecule has 2 rings (SSSR count). The van der Waals surface area contributed by atoms with Crippen LogP contribution in [0.3, 0.4) is 0 Å². The van der Waals surface area contributed by atoms with Crippen LogP contribution in [0, 0.1) is 11.8 Å². The summed E-state index contributed by atoms with van der Waals surface area (Å²) in [7, 11) is 1.32. The maximum Gasteiger partial charge on any atom is 0.360 e. The number of carbonyl (C=O) groups excluding carboxylic acids is 1. The number of unbranched alkanes of at least 4 members (excludes halogenated alkanes) is 1. The second kappa shape index (κ2) is 8.60. The van der Waals surface area contributed by atoms with E-state index in [-0.39, 0.29) is 5.69 Å². The maximum atomic E-state index is 11.9. The van der Waals surface area contributed by atoms with Crippen LogP contribution < -0.4 is 4.74 Å². The Hall–Kier alpha value is -2.80. The fourth-order valence-electron chi connectivity index (χ4n) is 1.89. The molecule has 0 spiro atoms. The van der Waals surface area contributed by atoms with E-state index >= 15 is 0 Å². The molecule has 1 aromatic heterocycles.